The van der Waals surface area contributed by atoms with Crippen LogP contribution in [0.1, 0.15) is 64.4 Å². The number of nitrogens with one attached hydrogen (secondary N) is 1. The molecule has 4 rings (SSSR count). The fourth-order valence-electron chi connectivity index (χ4n) is 3.77. The van der Waals surface area contributed by atoms with Crippen LogP contribution in [0.2, 0.25) is 5.02 Å². The quantitative estimate of drug-likeness (QED) is 0.142. The molecular weight excluding hydrogens is 550 g/mol. The Bertz CT molecular complexity index is 1450. The number of anilines is 2. The number of fused-ring (bicyclic) bond motifs is 1. The normalized spacial score (nSPS) is 10.6. The molecule has 0 bridgehead atoms. The standard InChI is InChI=1S/C27H26ClN5O3.3C2H6/c1-3-4-21(29-2)16-36-26-8-5-20(11-24(26)28)32-27-23-12-22(6-7-25(23)30-17-31-27)33-13-18(9-10-34)19(14-33)15-35;3*1-2/h3-8,11-15,17,34H,9-10,16H2,1-2H3,(H,30,31,32);3*1-2H3/b4-3-,29-21?;;;. The number of carbonyl (C=O) groups is 1. The van der Waals surface area contributed by atoms with E-state index in [1.807, 2.05) is 95.6 Å². The zero-order valence-corrected chi connectivity index (χ0v) is 26.7. The summed E-state index contributed by atoms with van der Waals surface area (Å²) in [6.07, 6.45) is 10.1. The molecule has 2 aromatic carbocycles. The van der Waals surface area contributed by atoms with Crippen LogP contribution in [0, 0.1) is 0 Å². The van der Waals surface area contributed by atoms with Crippen molar-refractivity contribution in [2.75, 3.05) is 25.6 Å². The van der Waals surface area contributed by atoms with E-state index in [-0.39, 0.29) is 6.61 Å². The molecule has 8 nitrogen and oxygen atoms in total. The number of aliphatic hydroxyl groups is 1. The number of ether oxygens (including phenoxy) is 1. The van der Waals surface area contributed by atoms with Gasteiger partial charge in [-0.15, -0.1) is 0 Å². The van der Waals surface area contributed by atoms with Gasteiger partial charge in [-0.25, -0.2) is 9.97 Å². The summed E-state index contributed by atoms with van der Waals surface area (Å²) in [5.41, 5.74) is 4.48. The fraction of sp³-hybridized carbons (Fsp3) is 0.333. The van der Waals surface area contributed by atoms with Gasteiger partial charge in [-0.1, -0.05) is 59.2 Å². The Hall–Kier alpha value is -4.01. The number of benzene rings is 2. The second-order valence-electron chi connectivity index (χ2n) is 7.94. The van der Waals surface area contributed by atoms with Crippen LogP contribution in [-0.2, 0) is 6.42 Å². The first kappa shape index (κ1) is 36.0. The molecule has 9 heteroatoms. The Morgan fingerprint density at radius 1 is 1.07 bits per heavy atom. The molecule has 226 valence electrons. The molecule has 0 radical (unpaired) electrons. The number of halogens is 1. The summed E-state index contributed by atoms with van der Waals surface area (Å²) in [6.45, 7) is 14.2. The highest BCUT2D eigenvalue weighted by Gasteiger charge is 2.11. The van der Waals surface area contributed by atoms with Gasteiger partial charge in [-0.05, 0) is 61.4 Å². The van der Waals surface area contributed by atoms with Crippen LogP contribution in [0.5, 0.6) is 5.75 Å². The molecule has 0 saturated heterocycles. The highest BCUT2D eigenvalue weighted by atomic mass is 35.5. The molecule has 42 heavy (non-hydrogen) atoms. The SMILES string of the molecule is C/C=C\C(COc1ccc(Nc2ncnc3ccc(-n4cc(C=O)c(CCO)c4)cc23)cc1Cl)=NC.CC.CC.CC. The van der Waals surface area contributed by atoms with Crippen LogP contribution in [0.15, 0.2) is 72.3 Å². The minimum Gasteiger partial charge on any atom is -0.486 e. The molecule has 0 fully saturated rings. The average Bonchev–Trinajstić information content (AvgIpc) is 3.46. The van der Waals surface area contributed by atoms with Crippen molar-refractivity contribution in [3.8, 4) is 11.4 Å². The number of rotatable bonds is 10. The summed E-state index contributed by atoms with van der Waals surface area (Å²) >= 11 is 6.47. The second-order valence-corrected chi connectivity index (χ2v) is 8.34. The van der Waals surface area contributed by atoms with Crippen LogP contribution in [-0.4, -0.2) is 51.9 Å². The van der Waals surface area contributed by atoms with Crippen molar-refractivity contribution in [1.82, 2.24) is 14.5 Å². The number of aliphatic imine (C=N–C) groups is 1. The number of aliphatic hydroxyl groups excluding tert-OH is 1. The lowest BCUT2D eigenvalue weighted by atomic mass is 10.2. The van der Waals surface area contributed by atoms with Gasteiger partial charge < -0.3 is 19.7 Å². The third-order valence-electron chi connectivity index (χ3n) is 5.59. The number of hydrogen-bond donors (Lipinski definition) is 2. The fourth-order valence-corrected chi connectivity index (χ4v) is 4.00. The van der Waals surface area contributed by atoms with Crippen molar-refractivity contribution < 1.29 is 14.6 Å². The zero-order valence-electron chi connectivity index (χ0n) is 26.0. The van der Waals surface area contributed by atoms with Gasteiger partial charge in [-0.2, -0.15) is 0 Å². The van der Waals surface area contributed by atoms with Crippen LogP contribution < -0.4 is 10.1 Å². The minimum absolute atomic E-state index is 0.0278. The van der Waals surface area contributed by atoms with E-state index in [0.717, 1.165) is 39.8 Å². The summed E-state index contributed by atoms with van der Waals surface area (Å²) in [6, 6.07) is 11.2. The van der Waals surface area contributed by atoms with Gasteiger partial charge in [0.05, 0.1) is 16.3 Å². The van der Waals surface area contributed by atoms with E-state index < -0.39 is 0 Å². The van der Waals surface area contributed by atoms with Crippen LogP contribution in [0.4, 0.5) is 11.5 Å². The number of aldehydes is 1. The highest BCUT2D eigenvalue weighted by molar-refractivity contribution is 6.32. The largest absolute Gasteiger partial charge is 0.486 e. The minimum atomic E-state index is -0.0278. The molecule has 0 saturated carbocycles. The molecule has 0 aliphatic carbocycles. The molecule has 0 aliphatic rings. The lowest BCUT2D eigenvalue weighted by molar-refractivity contribution is 0.112. The lowest BCUT2D eigenvalue weighted by Crippen LogP contribution is -2.09. The Labute approximate surface area is 255 Å². The highest BCUT2D eigenvalue weighted by Crippen LogP contribution is 2.31. The predicted molar refractivity (Wildman–Crippen MR) is 177 cm³/mol. The van der Waals surface area contributed by atoms with Crippen LogP contribution in [0.25, 0.3) is 16.6 Å². The van der Waals surface area contributed by atoms with E-state index in [0.29, 0.717) is 35.2 Å². The maximum absolute atomic E-state index is 11.4. The lowest BCUT2D eigenvalue weighted by Gasteiger charge is -2.12. The molecule has 0 spiro atoms. The predicted octanol–water partition coefficient (Wildman–Crippen LogP) is 8.27. The smallest absolute Gasteiger partial charge is 0.151 e. The van der Waals surface area contributed by atoms with Gasteiger partial charge in [0.1, 0.15) is 24.5 Å². The van der Waals surface area contributed by atoms with Gasteiger partial charge >= 0.3 is 0 Å². The first-order valence-corrected chi connectivity index (χ1v) is 14.7. The zero-order chi connectivity index (χ0) is 31.5. The number of allylic oxidation sites excluding steroid dienone is 1. The molecule has 0 unspecified atom stereocenters. The van der Waals surface area contributed by atoms with Gasteiger partial charge in [0.2, 0.25) is 0 Å². The van der Waals surface area contributed by atoms with Gasteiger partial charge in [0.15, 0.2) is 6.29 Å². The van der Waals surface area contributed by atoms with Crippen LogP contribution in [0.3, 0.4) is 0 Å². The van der Waals surface area contributed by atoms with E-state index in [1.165, 1.54) is 6.33 Å². The van der Waals surface area contributed by atoms with Crippen molar-refractivity contribution in [2.45, 2.75) is 54.9 Å². The van der Waals surface area contributed by atoms with Gasteiger partial charge in [0, 0.05) is 48.4 Å². The first-order valence-electron chi connectivity index (χ1n) is 14.4. The summed E-state index contributed by atoms with van der Waals surface area (Å²) in [7, 11) is 1.72. The van der Waals surface area contributed by atoms with Gasteiger partial charge in [-0.3, -0.25) is 9.79 Å². The van der Waals surface area contributed by atoms with Crippen molar-refractivity contribution in [3.05, 3.63) is 83.4 Å². The van der Waals surface area contributed by atoms with Crippen molar-refractivity contribution >= 4 is 46.0 Å². The monoisotopic (exact) mass is 593 g/mol. The summed E-state index contributed by atoms with van der Waals surface area (Å²) in [4.78, 5) is 24.4. The number of nitrogens with zero attached hydrogens (tertiary/aromatic N) is 4. The maximum atomic E-state index is 11.4. The summed E-state index contributed by atoms with van der Waals surface area (Å²) in [5, 5.41) is 13.9. The first-order chi connectivity index (χ1) is 20.6. The van der Waals surface area contributed by atoms with E-state index in [2.05, 4.69) is 20.3 Å². The molecule has 4 aromatic rings. The number of hydrogen-bond acceptors (Lipinski definition) is 7. The Morgan fingerprint density at radius 2 is 1.81 bits per heavy atom. The Balaban J connectivity index is 0.00000138. The van der Waals surface area contributed by atoms with Crippen molar-refractivity contribution in [1.29, 1.82) is 0 Å². The maximum Gasteiger partial charge on any atom is 0.151 e. The molecule has 2 heterocycles. The van der Waals surface area contributed by atoms with E-state index in [9.17, 15) is 9.90 Å². The number of aromatic nitrogens is 3. The molecule has 2 aromatic heterocycles. The molecule has 0 aliphatic heterocycles. The van der Waals surface area contributed by atoms with E-state index >= 15 is 0 Å². The Morgan fingerprint density at radius 3 is 2.43 bits per heavy atom. The second kappa shape index (κ2) is 20.0. The van der Waals surface area contributed by atoms with E-state index in [1.54, 1.807) is 25.4 Å². The van der Waals surface area contributed by atoms with Crippen LogP contribution >= 0.6 is 11.6 Å². The average molecular weight is 594 g/mol. The van der Waals surface area contributed by atoms with Crippen molar-refractivity contribution in [3.63, 3.8) is 0 Å². The molecule has 0 amide bonds. The van der Waals surface area contributed by atoms with E-state index in [4.69, 9.17) is 16.3 Å². The third kappa shape index (κ3) is 9.82. The van der Waals surface area contributed by atoms with Gasteiger partial charge in [0.25, 0.3) is 0 Å². The summed E-state index contributed by atoms with van der Waals surface area (Å²) < 4.78 is 7.67. The summed E-state index contributed by atoms with van der Waals surface area (Å²) in [5.74, 6) is 1.17. The molecule has 0 atom stereocenters. The third-order valence-corrected chi connectivity index (χ3v) is 5.88. The number of carbonyl (C=O) groups excluding carboxylic acids is 1. The molecular formula is C33H44ClN5O3. The Kier molecular flexibility index (Phi) is 17.1. The van der Waals surface area contributed by atoms with Crippen molar-refractivity contribution in [2.24, 2.45) is 4.99 Å². The topological polar surface area (TPSA) is 102 Å². The molecule has 2 N–H and O–H groups in total.